The van der Waals surface area contributed by atoms with Crippen molar-refractivity contribution in [1.29, 1.82) is 0 Å². The third-order valence-electron chi connectivity index (χ3n) is 3.44. The van der Waals surface area contributed by atoms with E-state index in [0.29, 0.717) is 12.0 Å². The molecular formula is C18H24N2. The van der Waals surface area contributed by atoms with Crippen molar-refractivity contribution >= 4 is 17.0 Å². The first-order valence-electron chi connectivity index (χ1n) is 7.35. The van der Waals surface area contributed by atoms with E-state index in [1.807, 2.05) is 12.3 Å². The van der Waals surface area contributed by atoms with Crippen LogP contribution in [-0.2, 0) is 0 Å². The Morgan fingerprint density at radius 3 is 2.70 bits per heavy atom. The Bertz CT molecular complexity index is 597. The molecule has 0 aliphatic rings. The van der Waals surface area contributed by atoms with Crippen LogP contribution in [0.4, 0.5) is 0 Å². The summed E-state index contributed by atoms with van der Waals surface area (Å²) in [7, 11) is 0. The lowest BCUT2D eigenvalue weighted by Gasteiger charge is -2.15. The average molecular weight is 268 g/mol. The number of hydrogen-bond donors (Lipinski definition) is 1. The normalized spacial score (nSPS) is 12.6. The first-order valence-corrected chi connectivity index (χ1v) is 7.35. The van der Waals surface area contributed by atoms with Crippen molar-refractivity contribution in [2.45, 2.75) is 33.7 Å². The highest BCUT2D eigenvalue weighted by atomic mass is 14.9. The minimum absolute atomic E-state index is 0.512. The molecule has 2 nitrogen and oxygen atoms in total. The number of aromatic nitrogens is 1. The molecule has 0 bridgehead atoms. The Kier molecular flexibility index (Phi) is 4.91. The molecule has 20 heavy (non-hydrogen) atoms. The predicted octanol–water partition coefficient (Wildman–Crippen LogP) is 4.27. The molecule has 0 aliphatic heterocycles. The summed E-state index contributed by atoms with van der Waals surface area (Å²) in [5, 5.41) is 4.70. The molecule has 0 unspecified atom stereocenters. The fourth-order valence-electron chi connectivity index (χ4n) is 2.14. The minimum Gasteiger partial charge on any atom is -0.311 e. The molecular weight excluding hydrogens is 244 g/mol. The average Bonchev–Trinajstić information content (AvgIpc) is 2.42. The molecule has 0 spiro atoms. The molecule has 1 heterocycles. The van der Waals surface area contributed by atoms with E-state index in [4.69, 9.17) is 0 Å². The van der Waals surface area contributed by atoms with Gasteiger partial charge in [0.25, 0.3) is 0 Å². The van der Waals surface area contributed by atoms with Crippen molar-refractivity contribution in [3.05, 3.63) is 47.7 Å². The van der Waals surface area contributed by atoms with Gasteiger partial charge in [0.2, 0.25) is 0 Å². The monoisotopic (exact) mass is 268 g/mol. The van der Waals surface area contributed by atoms with E-state index in [0.717, 1.165) is 12.1 Å². The van der Waals surface area contributed by atoms with E-state index in [9.17, 15) is 0 Å². The second-order valence-electron chi connectivity index (χ2n) is 5.87. The number of pyridine rings is 1. The zero-order valence-corrected chi connectivity index (χ0v) is 12.9. The van der Waals surface area contributed by atoms with Crippen LogP contribution in [0, 0.1) is 5.92 Å². The quantitative estimate of drug-likeness (QED) is 0.876. The number of benzene rings is 1. The molecule has 0 fully saturated rings. The van der Waals surface area contributed by atoms with Crippen LogP contribution < -0.4 is 5.32 Å². The second-order valence-corrected chi connectivity index (χ2v) is 5.87. The molecule has 1 aromatic carbocycles. The molecule has 0 aliphatic carbocycles. The lowest BCUT2D eigenvalue weighted by atomic mass is 9.99. The zero-order chi connectivity index (χ0) is 14.5. The molecule has 2 aromatic rings. The molecule has 2 rings (SSSR count). The summed E-state index contributed by atoms with van der Waals surface area (Å²) in [6, 6.07) is 11.1. The van der Waals surface area contributed by atoms with Crippen molar-refractivity contribution in [3.63, 3.8) is 0 Å². The van der Waals surface area contributed by atoms with Crippen molar-refractivity contribution in [2.24, 2.45) is 5.92 Å². The van der Waals surface area contributed by atoms with E-state index in [2.05, 4.69) is 68.3 Å². The van der Waals surface area contributed by atoms with Gasteiger partial charge in [0.15, 0.2) is 0 Å². The van der Waals surface area contributed by atoms with Crippen LogP contribution in [0.15, 0.2) is 42.1 Å². The van der Waals surface area contributed by atoms with Crippen LogP contribution >= 0.6 is 0 Å². The van der Waals surface area contributed by atoms with E-state index in [1.165, 1.54) is 16.5 Å². The predicted molar refractivity (Wildman–Crippen MR) is 87.7 cm³/mol. The number of nitrogens with one attached hydrogen (secondary N) is 1. The van der Waals surface area contributed by atoms with Crippen molar-refractivity contribution in [3.8, 4) is 0 Å². The van der Waals surface area contributed by atoms with E-state index in [1.54, 1.807) is 0 Å². The smallest absolute Gasteiger partial charge is 0.0702 e. The summed E-state index contributed by atoms with van der Waals surface area (Å²) in [5.74, 6) is 0.547. The minimum atomic E-state index is 0.512. The van der Waals surface area contributed by atoms with Gasteiger partial charge in [0.05, 0.1) is 5.52 Å². The molecule has 2 heteroatoms. The zero-order valence-electron chi connectivity index (χ0n) is 12.9. The van der Waals surface area contributed by atoms with Gasteiger partial charge >= 0.3 is 0 Å². The Morgan fingerprint density at radius 1 is 1.20 bits per heavy atom. The summed E-state index contributed by atoms with van der Waals surface area (Å²) in [5.41, 5.74) is 3.73. The maximum Gasteiger partial charge on any atom is 0.0702 e. The van der Waals surface area contributed by atoms with Gasteiger partial charge in [-0.3, -0.25) is 4.98 Å². The summed E-state index contributed by atoms with van der Waals surface area (Å²) >= 11 is 0. The van der Waals surface area contributed by atoms with Crippen LogP contribution in [0.1, 0.15) is 33.3 Å². The van der Waals surface area contributed by atoms with Crippen LogP contribution in [0.3, 0.4) is 0 Å². The molecule has 0 atom stereocenters. The van der Waals surface area contributed by atoms with Crippen LogP contribution in [0.5, 0.6) is 0 Å². The van der Waals surface area contributed by atoms with Gasteiger partial charge in [-0.15, -0.1) is 0 Å². The summed E-state index contributed by atoms with van der Waals surface area (Å²) in [6.07, 6.45) is 4.14. The van der Waals surface area contributed by atoms with Crippen molar-refractivity contribution < 1.29 is 0 Å². The molecule has 1 aromatic heterocycles. The second kappa shape index (κ2) is 6.67. The van der Waals surface area contributed by atoms with Crippen molar-refractivity contribution in [1.82, 2.24) is 10.3 Å². The number of fused-ring (bicyclic) bond motifs is 1. The standard InChI is InChI=1S/C18H24N2/c1-13(2)17(12-20-14(3)4)11-15-7-8-18-16(10-15)6-5-9-19-18/h5-11,13-14,20H,12H2,1-4H3. The van der Waals surface area contributed by atoms with E-state index < -0.39 is 0 Å². The Labute approximate surface area is 121 Å². The van der Waals surface area contributed by atoms with Crippen LogP contribution in [0.2, 0.25) is 0 Å². The number of hydrogen-bond acceptors (Lipinski definition) is 2. The molecule has 0 amide bonds. The largest absolute Gasteiger partial charge is 0.311 e. The molecule has 0 saturated heterocycles. The maximum atomic E-state index is 4.36. The third kappa shape index (κ3) is 3.91. The van der Waals surface area contributed by atoms with Crippen LogP contribution in [-0.4, -0.2) is 17.6 Å². The summed E-state index contributed by atoms with van der Waals surface area (Å²) < 4.78 is 0. The van der Waals surface area contributed by atoms with Gasteiger partial charge in [-0.25, -0.2) is 0 Å². The highest BCUT2D eigenvalue weighted by molar-refractivity contribution is 5.81. The Morgan fingerprint density at radius 2 is 2.00 bits per heavy atom. The van der Waals surface area contributed by atoms with Gasteiger partial charge in [0, 0.05) is 24.2 Å². The molecule has 0 saturated carbocycles. The molecule has 106 valence electrons. The van der Waals surface area contributed by atoms with E-state index in [-0.39, 0.29) is 0 Å². The van der Waals surface area contributed by atoms with Gasteiger partial charge in [-0.1, -0.05) is 51.5 Å². The highest BCUT2D eigenvalue weighted by Crippen LogP contribution is 2.18. The van der Waals surface area contributed by atoms with Crippen LogP contribution in [0.25, 0.3) is 17.0 Å². The summed E-state index contributed by atoms with van der Waals surface area (Å²) in [4.78, 5) is 4.36. The first kappa shape index (κ1) is 14.7. The molecule has 0 radical (unpaired) electrons. The maximum absolute atomic E-state index is 4.36. The number of rotatable bonds is 5. The number of nitrogens with zero attached hydrogens (tertiary/aromatic N) is 1. The van der Waals surface area contributed by atoms with Gasteiger partial charge < -0.3 is 5.32 Å². The molecule has 1 N–H and O–H groups in total. The SMILES string of the molecule is CC(C)NCC(=Cc1ccc2ncccc2c1)C(C)C. The Hall–Kier alpha value is -1.67. The topological polar surface area (TPSA) is 24.9 Å². The lowest BCUT2D eigenvalue weighted by molar-refractivity contribution is 0.593. The van der Waals surface area contributed by atoms with Gasteiger partial charge in [-0.05, 0) is 29.7 Å². The fourth-order valence-corrected chi connectivity index (χ4v) is 2.14. The third-order valence-corrected chi connectivity index (χ3v) is 3.44. The lowest BCUT2D eigenvalue weighted by Crippen LogP contribution is -2.26. The van der Waals surface area contributed by atoms with Crippen molar-refractivity contribution in [2.75, 3.05) is 6.54 Å². The van der Waals surface area contributed by atoms with E-state index >= 15 is 0 Å². The first-order chi connectivity index (χ1) is 9.56. The fraction of sp³-hybridized carbons (Fsp3) is 0.389. The summed E-state index contributed by atoms with van der Waals surface area (Å²) in [6.45, 7) is 9.80. The Balaban J connectivity index is 2.27. The highest BCUT2D eigenvalue weighted by Gasteiger charge is 2.05. The van der Waals surface area contributed by atoms with Gasteiger partial charge in [0.1, 0.15) is 0 Å². The van der Waals surface area contributed by atoms with Gasteiger partial charge in [-0.2, -0.15) is 0 Å².